The first-order chi connectivity index (χ1) is 27.4. The quantitative estimate of drug-likeness (QED) is 0.111. The molecule has 58 heavy (non-hydrogen) atoms. The molecule has 0 aliphatic carbocycles. The Balaban J connectivity index is 1.16. The number of H-pyrrole nitrogens is 2. The van der Waals surface area contributed by atoms with E-state index in [0.29, 0.717) is 12.3 Å². The Morgan fingerprint density at radius 1 is 0.741 bits per heavy atom. The lowest BCUT2D eigenvalue weighted by Gasteiger charge is -2.30. The Morgan fingerprint density at radius 3 is 1.76 bits per heavy atom. The lowest BCUT2D eigenvalue weighted by atomic mass is 10.0. The van der Waals surface area contributed by atoms with E-state index in [1.54, 1.807) is 6.20 Å². The summed E-state index contributed by atoms with van der Waals surface area (Å²) in [6.07, 6.45) is 1.91. The summed E-state index contributed by atoms with van der Waals surface area (Å²) in [5.74, 6) is 7.53. The summed E-state index contributed by atoms with van der Waals surface area (Å²) in [5, 5.41) is 5.47. The van der Waals surface area contributed by atoms with E-state index < -0.39 is 40.4 Å². The summed E-state index contributed by atoms with van der Waals surface area (Å²) < 4.78 is 9.60. The van der Waals surface area contributed by atoms with Crippen LogP contribution in [-0.2, 0) is 19.1 Å². The Bertz CT molecular complexity index is 2240. The van der Waals surface area contributed by atoms with Gasteiger partial charge in [0.25, 0.3) is 0 Å². The Morgan fingerprint density at radius 2 is 1.24 bits per heavy atom. The van der Waals surface area contributed by atoms with Crippen molar-refractivity contribution in [2.75, 3.05) is 26.6 Å². The lowest BCUT2D eigenvalue weighted by Crippen LogP contribution is -2.52. The van der Waals surface area contributed by atoms with Crippen LogP contribution in [0, 0.1) is 23.7 Å². The van der Waals surface area contributed by atoms with Crippen molar-refractivity contribution in [1.82, 2.24) is 40.4 Å². The minimum absolute atomic E-state index is 0.115. The van der Waals surface area contributed by atoms with Crippen molar-refractivity contribution in [3.05, 3.63) is 71.4 Å². The SMILES string of the molecule is COC(=O)N[C@H](C(=O)N1C[Si](C)(C)C[C@H]1c1ncc(-c2ccc(C#Cc3ccc4[nH]c([C@@H]5C[Si](C)(C)CN5C(=O)[C@@H](NC(=O)OC)C(C)C)nc4c3)cc2)[nH]1)C(C)C. The van der Waals surface area contributed by atoms with Crippen LogP contribution in [0.2, 0.25) is 38.3 Å². The molecule has 2 aliphatic rings. The van der Waals surface area contributed by atoms with Crippen LogP contribution >= 0.6 is 0 Å². The van der Waals surface area contributed by atoms with E-state index in [-0.39, 0.29) is 35.7 Å². The minimum atomic E-state index is -1.76. The fourth-order valence-corrected chi connectivity index (χ4v) is 13.8. The molecule has 14 nitrogen and oxygen atoms in total. The third-order valence-electron chi connectivity index (χ3n) is 11.1. The number of alkyl carbamates (subject to hydrolysis) is 2. The summed E-state index contributed by atoms with van der Waals surface area (Å²) in [4.78, 5) is 72.3. The Labute approximate surface area is 342 Å². The highest BCUT2D eigenvalue weighted by atomic mass is 28.3. The van der Waals surface area contributed by atoms with Crippen molar-refractivity contribution in [3.8, 4) is 23.1 Å². The van der Waals surface area contributed by atoms with Gasteiger partial charge in [-0.15, -0.1) is 0 Å². The number of benzene rings is 2. The van der Waals surface area contributed by atoms with Gasteiger partial charge in [0.05, 0.1) is 65.4 Å². The van der Waals surface area contributed by atoms with Crippen molar-refractivity contribution in [1.29, 1.82) is 0 Å². The molecular formula is C42H56N8O6Si2. The fraction of sp³-hybridized carbons (Fsp3) is 0.476. The molecular weight excluding hydrogens is 769 g/mol. The van der Waals surface area contributed by atoms with Gasteiger partial charge in [-0.25, -0.2) is 19.6 Å². The first kappa shape index (κ1) is 42.2. The van der Waals surface area contributed by atoms with Gasteiger partial charge in [0.1, 0.15) is 23.7 Å². The summed E-state index contributed by atoms with van der Waals surface area (Å²) >= 11 is 0. The standard InChI is InChI=1S/C42H56N8O6Si2/c1-25(2)35(47-41(53)55-5)39(51)49-23-57(7,8)21-33(49)37-43-20-32(46-37)29-16-13-27(14-17-29)11-12-28-15-18-30-31(19-28)45-38(44-30)34-22-58(9,10)24-50(34)40(52)36(26(3)4)48-42(54)56-6/h13-20,25-26,33-36H,21-24H2,1-10H3,(H,43,46)(H,44,45)(H,47,53)(H,48,54)/t33-,34-,35-,36-/m0/s1. The molecule has 2 aliphatic heterocycles. The number of nitrogens with one attached hydrogen (secondary N) is 4. The number of aromatic nitrogens is 4. The van der Waals surface area contributed by atoms with E-state index in [4.69, 9.17) is 19.4 Å². The predicted octanol–water partition coefficient (Wildman–Crippen LogP) is 6.38. The molecule has 6 rings (SSSR count). The van der Waals surface area contributed by atoms with Gasteiger partial charge in [0.2, 0.25) is 11.8 Å². The molecule has 4 atom stereocenters. The third kappa shape index (κ3) is 9.31. The second-order valence-corrected chi connectivity index (χ2v) is 27.9. The van der Waals surface area contributed by atoms with Crippen molar-refractivity contribution < 1.29 is 28.7 Å². The maximum atomic E-state index is 13.9. The number of rotatable bonds is 9. The molecule has 0 unspecified atom stereocenters. The molecule has 2 fully saturated rings. The number of methoxy groups -OCH3 is 2. The first-order valence-electron chi connectivity index (χ1n) is 19.9. The average Bonchev–Trinajstić information content (AvgIpc) is 3.97. The van der Waals surface area contributed by atoms with Crippen LogP contribution in [0.4, 0.5) is 9.59 Å². The second kappa shape index (κ2) is 16.8. The van der Waals surface area contributed by atoms with Crippen molar-refractivity contribution in [2.24, 2.45) is 11.8 Å². The molecule has 2 aromatic heterocycles. The molecule has 0 saturated carbocycles. The van der Waals surface area contributed by atoms with Gasteiger partial charge in [-0.2, -0.15) is 0 Å². The van der Waals surface area contributed by atoms with Gasteiger partial charge in [0.15, 0.2) is 0 Å². The average molecular weight is 825 g/mol. The van der Waals surface area contributed by atoms with Gasteiger partial charge in [0, 0.05) is 23.5 Å². The Hall–Kier alpha value is -5.41. The van der Waals surface area contributed by atoms with Crippen LogP contribution in [0.3, 0.4) is 0 Å². The van der Waals surface area contributed by atoms with E-state index in [1.165, 1.54) is 14.2 Å². The van der Waals surface area contributed by atoms with E-state index >= 15 is 0 Å². The molecule has 2 aromatic carbocycles. The second-order valence-electron chi connectivity index (χ2n) is 17.8. The van der Waals surface area contributed by atoms with E-state index in [0.717, 1.165) is 57.2 Å². The van der Waals surface area contributed by atoms with Gasteiger partial charge >= 0.3 is 12.2 Å². The lowest BCUT2D eigenvalue weighted by molar-refractivity contribution is -0.135. The third-order valence-corrected chi connectivity index (χ3v) is 16.4. The van der Waals surface area contributed by atoms with E-state index in [1.807, 2.05) is 80.0 Å². The normalized spacial score (nSPS) is 19.4. The number of nitrogens with zero attached hydrogens (tertiary/aromatic N) is 4. The number of amides is 4. The zero-order chi connectivity index (χ0) is 42.1. The molecule has 308 valence electrons. The van der Waals surface area contributed by atoms with Gasteiger partial charge < -0.3 is 39.9 Å². The molecule has 4 aromatic rings. The van der Waals surface area contributed by atoms with Gasteiger partial charge in [-0.3, -0.25) is 9.59 Å². The summed E-state index contributed by atoms with van der Waals surface area (Å²) in [7, 11) is -0.920. The van der Waals surface area contributed by atoms with Crippen molar-refractivity contribution in [3.63, 3.8) is 0 Å². The van der Waals surface area contributed by atoms with Crippen molar-refractivity contribution in [2.45, 2.75) is 90.1 Å². The monoisotopic (exact) mass is 824 g/mol. The largest absolute Gasteiger partial charge is 0.453 e. The van der Waals surface area contributed by atoms with Crippen LogP contribution in [0.1, 0.15) is 62.6 Å². The maximum Gasteiger partial charge on any atom is 0.407 e. The Kier molecular flexibility index (Phi) is 12.2. The first-order valence-corrected chi connectivity index (χ1v) is 26.7. The van der Waals surface area contributed by atoms with Crippen molar-refractivity contribution >= 4 is 51.2 Å². The number of aromatic amines is 2. The molecule has 4 N–H and O–H groups in total. The highest BCUT2D eigenvalue weighted by Gasteiger charge is 2.47. The minimum Gasteiger partial charge on any atom is -0.453 e. The maximum absolute atomic E-state index is 13.9. The van der Waals surface area contributed by atoms with Crippen LogP contribution in [-0.4, -0.2) is 109 Å². The van der Waals surface area contributed by atoms with E-state index in [9.17, 15) is 19.2 Å². The zero-order valence-electron chi connectivity index (χ0n) is 35.1. The highest BCUT2D eigenvalue weighted by molar-refractivity contribution is 6.79. The molecule has 2 saturated heterocycles. The molecule has 0 radical (unpaired) electrons. The molecule has 0 spiro atoms. The highest BCUT2D eigenvalue weighted by Crippen LogP contribution is 2.39. The van der Waals surface area contributed by atoms with Crippen LogP contribution in [0.25, 0.3) is 22.3 Å². The number of imidazole rings is 2. The topological polar surface area (TPSA) is 175 Å². The molecule has 16 heteroatoms. The van der Waals surface area contributed by atoms with E-state index in [2.05, 4.69) is 58.6 Å². The fourth-order valence-electron chi connectivity index (χ4n) is 8.04. The smallest absolute Gasteiger partial charge is 0.407 e. The number of carbonyl (C=O) groups is 4. The molecule has 4 heterocycles. The molecule has 4 amide bonds. The summed E-state index contributed by atoms with van der Waals surface area (Å²) in [6, 6.07) is 13.7. The molecule has 0 bridgehead atoms. The summed E-state index contributed by atoms with van der Waals surface area (Å²) in [6.45, 7) is 16.7. The zero-order valence-corrected chi connectivity index (χ0v) is 37.1. The van der Waals surface area contributed by atoms with Crippen LogP contribution < -0.4 is 10.6 Å². The number of fused-ring (bicyclic) bond motifs is 1. The van der Waals surface area contributed by atoms with Gasteiger partial charge in [-0.05, 0) is 59.8 Å². The number of hydrogen-bond acceptors (Lipinski definition) is 8. The van der Waals surface area contributed by atoms with Crippen LogP contribution in [0.5, 0.6) is 0 Å². The number of ether oxygens (including phenoxy) is 2. The van der Waals surface area contributed by atoms with Crippen LogP contribution in [0.15, 0.2) is 48.7 Å². The predicted molar refractivity (Wildman–Crippen MR) is 228 cm³/mol. The van der Waals surface area contributed by atoms with Gasteiger partial charge in [-0.1, -0.05) is 77.9 Å². The number of hydrogen-bond donors (Lipinski definition) is 4. The summed E-state index contributed by atoms with van der Waals surface area (Å²) in [5.41, 5.74) is 5.08. The number of carbonyl (C=O) groups excluding carboxylic acids is 4.